The van der Waals surface area contributed by atoms with Crippen molar-refractivity contribution in [1.29, 1.82) is 0 Å². The summed E-state index contributed by atoms with van der Waals surface area (Å²) in [7, 11) is -3.63. The summed E-state index contributed by atoms with van der Waals surface area (Å²) in [5.41, 5.74) is 0.151. The smallest absolute Gasteiger partial charge is 0.251 e. The second kappa shape index (κ2) is 7.47. The number of rotatable bonds is 6. The zero-order valence-corrected chi connectivity index (χ0v) is 15.3. The maximum Gasteiger partial charge on any atom is 0.251 e. The highest BCUT2D eigenvalue weighted by molar-refractivity contribution is 7.93. The van der Waals surface area contributed by atoms with E-state index in [9.17, 15) is 17.6 Å². The molecule has 1 atom stereocenters. The summed E-state index contributed by atoms with van der Waals surface area (Å²) in [6.45, 7) is -0.0872. The fourth-order valence-electron chi connectivity index (χ4n) is 2.32. The van der Waals surface area contributed by atoms with Crippen molar-refractivity contribution < 1.29 is 17.6 Å². The van der Waals surface area contributed by atoms with Crippen molar-refractivity contribution in [2.24, 2.45) is 0 Å². The lowest BCUT2D eigenvalue weighted by Crippen LogP contribution is -2.31. The van der Waals surface area contributed by atoms with Gasteiger partial charge in [-0.15, -0.1) is 22.7 Å². The van der Waals surface area contributed by atoms with Crippen LogP contribution in [0.25, 0.3) is 0 Å². The minimum atomic E-state index is -3.63. The zero-order valence-electron chi connectivity index (χ0n) is 12.9. The van der Waals surface area contributed by atoms with E-state index in [1.807, 2.05) is 0 Å². The SMILES string of the molecule is O=C(NC[C@@H](c1cccs1)S(=O)(=O)c1cccs1)c1cccc(F)c1. The summed E-state index contributed by atoms with van der Waals surface area (Å²) in [5.74, 6) is -1.03. The van der Waals surface area contributed by atoms with Gasteiger partial charge in [-0.1, -0.05) is 18.2 Å². The molecule has 3 rings (SSSR count). The third-order valence-electron chi connectivity index (χ3n) is 3.55. The van der Waals surface area contributed by atoms with Crippen LogP contribution in [-0.2, 0) is 9.84 Å². The Morgan fingerprint density at radius 2 is 1.84 bits per heavy atom. The fraction of sp³-hybridized carbons (Fsp3) is 0.118. The molecule has 0 aliphatic heterocycles. The van der Waals surface area contributed by atoms with Gasteiger partial charge in [0.25, 0.3) is 5.91 Å². The van der Waals surface area contributed by atoms with Crippen molar-refractivity contribution in [2.45, 2.75) is 9.46 Å². The first kappa shape index (κ1) is 17.8. The van der Waals surface area contributed by atoms with Crippen LogP contribution in [0.1, 0.15) is 20.5 Å². The third-order valence-corrected chi connectivity index (χ3v) is 8.19. The third kappa shape index (κ3) is 3.97. The average Bonchev–Trinajstić information content (AvgIpc) is 3.28. The largest absolute Gasteiger partial charge is 0.350 e. The number of hydrogen-bond donors (Lipinski definition) is 1. The molecule has 0 fully saturated rings. The Hall–Kier alpha value is -2.03. The molecule has 4 nitrogen and oxygen atoms in total. The highest BCUT2D eigenvalue weighted by atomic mass is 32.2. The standard InChI is InChI=1S/C17H14FNO3S3/c18-13-5-1-4-12(10-13)17(20)19-11-15(14-6-2-8-23-14)25(21,22)16-7-3-9-24-16/h1-10,15H,11H2,(H,19,20)/t15-/m0/s1. The number of halogens is 1. The molecule has 0 unspecified atom stereocenters. The van der Waals surface area contributed by atoms with Crippen molar-refractivity contribution in [3.63, 3.8) is 0 Å². The van der Waals surface area contributed by atoms with Crippen LogP contribution in [-0.4, -0.2) is 20.9 Å². The van der Waals surface area contributed by atoms with Crippen LogP contribution in [0.3, 0.4) is 0 Å². The molecule has 2 heterocycles. The van der Waals surface area contributed by atoms with Gasteiger partial charge in [0.2, 0.25) is 0 Å². The molecule has 0 aliphatic carbocycles. The van der Waals surface area contributed by atoms with E-state index in [1.165, 1.54) is 29.5 Å². The highest BCUT2D eigenvalue weighted by Gasteiger charge is 2.31. The monoisotopic (exact) mass is 395 g/mol. The van der Waals surface area contributed by atoms with Gasteiger partial charge in [0.1, 0.15) is 15.3 Å². The van der Waals surface area contributed by atoms with Gasteiger partial charge in [-0.05, 0) is 41.1 Å². The molecular formula is C17H14FNO3S3. The Labute approximate surface area is 152 Å². The van der Waals surface area contributed by atoms with Gasteiger partial charge in [0.05, 0.1) is 0 Å². The molecular weight excluding hydrogens is 381 g/mol. The van der Waals surface area contributed by atoms with Gasteiger partial charge in [-0.25, -0.2) is 12.8 Å². The molecule has 0 radical (unpaired) electrons. The molecule has 25 heavy (non-hydrogen) atoms. The van der Waals surface area contributed by atoms with E-state index in [2.05, 4.69) is 5.32 Å². The van der Waals surface area contributed by atoms with Crippen LogP contribution < -0.4 is 5.32 Å². The molecule has 0 spiro atoms. The van der Waals surface area contributed by atoms with Crippen LogP contribution in [0.15, 0.2) is 63.5 Å². The van der Waals surface area contributed by atoms with Crippen molar-refractivity contribution in [3.8, 4) is 0 Å². The summed E-state index contributed by atoms with van der Waals surface area (Å²) < 4.78 is 39.3. The number of sulfone groups is 1. The number of hydrogen-bond acceptors (Lipinski definition) is 5. The van der Waals surface area contributed by atoms with Crippen LogP contribution in [0.2, 0.25) is 0 Å². The lowest BCUT2D eigenvalue weighted by molar-refractivity contribution is 0.0953. The second-order valence-corrected chi connectivity index (χ2v) is 9.49. The van der Waals surface area contributed by atoms with Gasteiger partial charge in [0, 0.05) is 17.0 Å². The molecule has 0 bridgehead atoms. The van der Waals surface area contributed by atoms with E-state index in [4.69, 9.17) is 0 Å². The molecule has 2 aromatic heterocycles. The minimum absolute atomic E-state index is 0.0872. The first-order valence-corrected chi connectivity index (χ1v) is 10.6. The molecule has 0 aliphatic rings. The summed E-state index contributed by atoms with van der Waals surface area (Å²) in [6.07, 6.45) is 0. The van der Waals surface area contributed by atoms with Gasteiger partial charge >= 0.3 is 0 Å². The predicted molar refractivity (Wildman–Crippen MR) is 97.3 cm³/mol. The molecule has 0 saturated carbocycles. The Bertz CT molecular complexity index is 951. The lowest BCUT2D eigenvalue weighted by atomic mass is 10.2. The Kier molecular flexibility index (Phi) is 5.31. The van der Waals surface area contributed by atoms with E-state index >= 15 is 0 Å². The molecule has 1 N–H and O–H groups in total. The van der Waals surface area contributed by atoms with Gasteiger partial charge in [0.15, 0.2) is 9.84 Å². The summed E-state index contributed by atoms with van der Waals surface area (Å²) >= 11 is 2.46. The van der Waals surface area contributed by atoms with E-state index in [1.54, 1.807) is 35.0 Å². The van der Waals surface area contributed by atoms with Gasteiger partial charge < -0.3 is 5.32 Å². The molecule has 3 aromatic rings. The number of carbonyl (C=O) groups excluding carboxylic acids is 1. The first-order valence-electron chi connectivity index (χ1n) is 7.33. The number of carbonyl (C=O) groups is 1. The maximum absolute atomic E-state index is 13.3. The minimum Gasteiger partial charge on any atom is -0.350 e. The number of nitrogens with one attached hydrogen (secondary N) is 1. The van der Waals surface area contributed by atoms with Crippen molar-refractivity contribution >= 4 is 38.4 Å². The van der Waals surface area contributed by atoms with Gasteiger partial charge in [-0.3, -0.25) is 4.79 Å². The molecule has 130 valence electrons. The summed E-state index contributed by atoms with van der Waals surface area (Å²) in [5, 5.41) is 5.21. The number of benzene rings is 1. The zero-order chi connectivity index (χ0) is 17.9. The van der Waals surface area contributed by atoms with Crippen LogP contribution in [0, 0.1) is 5.82 Å². The predicted octanol–water partition coefficient (Wildman–Crippen LogP) is 3.89. The molecule has 1 amide bonds. The summed E-state index contributed by atoms with van der Waals surface area (Å²) in [4.78, 5) is 12.9. The maximum atomic E-state index is 13.3. The number of thiophene rings is 2. The van der Waals surface area contributed by atoms with Crippen molar-refractivity contribution in [2.75, 3.05) is 6.54 Å². The topological polar surface area (TPSA) is 63.2 Å². The van der Waals surface area contributed by atoms with Crippen LogP contribution in [0.5, 0.6) is 0 Å². The van der Waals surface area contributed by atoms with E-state index in [0.29, 0.717) is 4.88 Å². The van der Waals surface area contributed by atoms with Crippen LogP contribution >= 0.6 is 22.7 Å². The Morgan fingerprint density at radius 1 is 1.08 bits per heavy atom. The lowest BCUT2D eigenvalue weighted by Gasteiger charge is -2.16. The van der Waals surface area contributed by atoms with E-state index in [-0.39, 0.29) is 16.3 Å². The number of amides is 1. The second-order valence-electron chi connectivity index (χ2n) is 5.20. The summed E-state index contributed by atoms with van der Waals surface area (Å²) in [6, 6.07) is 12.0. The Balaban J connectivity index is 1.83. The molecule has 8 heteroatoms. The quantitative estimate of drug-likeness (QED) is 0.689. The van der Waals surface area contributed by atoms with Crippen molar-refractivity contribution in [3.05, 3.63) is 75.5 Å². The normalized spacial score (nSPS) is 12.7. The fourth-order valence-corrected chi connectivity index (χ4v) is 6.31. The highest BCUT2D eigenvalue weighted by Crippen LogP contribution is 2.33. The Morgan fingerprint density at radius 3 is 2.48 bits per heavy atom. The van der Waals surface area contributed by atoms with Crippen molar-refractivity contribution in [1.82, 2.24) is 5.32 Å². The first-order chi connectivity index (χ1) is 12.0. The van der Waals surface area contributed by atoms with Crippen LogP contribution in [0.4, 0.5) is 4.39 Å². The van der Waals surface area contributed by atoms with Gasteiger partial charge in [-0.2, -0.15) is 0 Å². The average molecular weight is 396 g/mol. The van der Waals surface area contributed by atoms with E-state index < -0.39 is 26.8 Å². The van der Waals surface area contributed by atoms with E-state index in [0.717, 1.165) is 17.4 Å². The molecule has 0 saturated heterocycles. The molecule has 1 aromatic carbocycles.